The summed E-state index contributed by atoms with van der Waals surface area (Å²) in [5.41, 5.74) is 2.88. The summed E-state index contributed by atoms with van der Waals surface area (Å²) < 4.78 is 0. The normalized spacial score (nSPS) is 27.2. The summed E-state index contributed by atoms with van der Waals surface area (Å²) in [6, 6.07) is 9.17. The summed E-state index contributed by atoms with van der Waals surface area (Å²) in [7, 11) is 0. The fourth-order valence-corrected chi connectivity index (χ4v) is 3.74. The number of halogens is 1. The van der Waals surface area contributed by atoms with Crippen LogP contribution in [0.5, 0.6) is 0 Å². The van der Waals surface area contributed by atoms with E-state index in [0.717, 1.165) is 18.3 Å². The molecule has 1 aliphatic rings. The highest BCUT2D eigenvalue weighted by Crippen LogP contribution is 2.38. The molecule has 1 aromatic rings. The summed E-state index contributed by atoms with van der Waals surface area (Å²) >= 11 is 6.58. The average molecular weight is 293 g/mol. The van der Waals surface area contributed by atoms with Crippen molar-refractivity contribution in [1.82, 2.24) is 0 Å². The summed E-state index contributed by atoms with van der Waals surface area (Å²) in [4.78, 5) is 0. The zero-order valence-electron chi connectivity index (χ0n) is 13.4. The Morgan fingerprint density at radius 3 is 2.25 bits per heavy atom. The molecule has 1 aliphatic carbocycles. The molecule has 0 aliphatic heterocycles. The second-order valence-electron chi connectivity index (χ2n) is 7.19. The van der Waals surface area contributed by atoms with Gasteiger partial charge in [0.2, 0.25) is 0 Å². The molecule has 0 bridgehead atoms. The molecule has 1 saturated carbocycles. The van der Waals surface area contributed by atoms with Crippen LogP contribution in [0.3, 0.4) is 0 Å². The van der Waals surface area contributed by atoms with Gasteiger partial charge in [-0.1, -0.05) is 52.0 Å². The Morgan fingerprint density at radius 2 is 1.70 bits per heavy atom. The third kappa shape index (κ3) is 4.01. The molecule has 3 atom stereocenters. The molecular weight excluding hydrogens is 264 g/mol. The molecule has 0 nitrogen and oxygen atoms in total. The van der Waals surface area contributed by atoms with E-state index >= 15 is 0 Å². The van der Waals surface area contributed by atoms with Gasteiger partial charge in [0.05, 0.1) is 0 Å². The molecule has 1 aromatic carbocycles. The molecule has 0 heterocycles. The summed E-state index contributed by atoms with van der Waals surface area (Å²) in [5, 5.41) is 0.370. The molecule has 3 unspecified atom stereocenters. The lowest BCUT2D eigenvalue weighted by atomic mass is 9.74. The van der Waals surface area contributed by atoms with E-state index in [1.807, 2.05) is 0 Å². The molecule has 2 rings (SSSR count). The molecule has 1 heteroatoms. The van der Waals surface area contributed by atoms with Gasteiger partial charge in [0.15, 0.2) is 0 Å². The molecule has 1 fully saturated rings. The number of hydrogen-bond acceptors (Lipinski definition) is 0. The van der Waals surface area contributed by atoms with Crippen molar-refractivity contribution in [2.45, 2.75) is 64.7 Å². The van der Waals surface area contributed by atoms with Crippen molar-refractivity contribution in [3.05, 3.63) is 35.4 Å². The van der Waals surface area contributed by atoms with E-state index in [4.69, 9.17) is 11.6 Å². The topological polar surface area (TPSA) is 0 Å². The van der Waals surface area contributed by atoms with Gasteiger partial charge in [-0.15, -0.1) is 11.6 Å². The average Bonchev–Trinajstić information content (AvgIpc) is 2.41. The fourth-order valence-electron chi connectivity index (χ4n) is 3.42. The van der Waals surface area contributed by atoms with E-state index in [9.17, 15) is 0 Å². The van der Waals surface area contributed by atoms with E-state index in [0.29, 0.717) is 17.2 Å². The maximum Gasteiger partial charge on any atom is 0.0367 e. The van der Waals surface area contributed by atoms with E-state index in [1.165, 1.54) is 30.4 Å². The van der Waals surface area contributed by atoms with Gasteiger partial charge in [-0.05, 0) is 60.5 Å². The van der Waals surface area contributed by atoms with Crippen molar-refractivity contribution in [2.24, 2.45) is 17.8 Å². The summed E-state index contributed by atoms with van der Waals surface area (Å²) in [5.74, 6) is 2.93. The number of rotatable bonds is 4. The van der Waals surface area contributed by atoms with Crippen molar-refractivity contribution >= 4 is 11.6 Å². The molecule has 0 saturated heterocycles. The van der Waals surface area contributed by atoms with Gasteiger partial charge in [-0.2, -0.15) is 0 Å². The van der Waals surface area contributed by atoms with Gasteiger partial charge in [-0.3, -0.25) is 0 Å². The first-order chi connectivity index (χ1) is 9.47. The second-order valence-corrected chi connectivity index (χ2v) is 7.75. The van der Waals surface area contributed by atoms with Crippen LogP contribution in [0.1, 0.15) is 64.0 Å². The van der Waals surface area contributed by atoms with Crippen LogP contribution >= 0.6 is 11.6 Å². The van der Waals surface area contributed by atoms with Crippen LogP contribution in [0.4, 0.5) is 0 Å². The lowest BCUT2D eigenvalue weighted by molar-refractivity contribution is 0.218. The van der Waals surface area contributed by atoms with Crippen molar-refractivity contribution in [2.75, 3.05) is 0 Å². The molecule has 0 amide bonds. The zero-order chi connectivity index (χ0) is 14.7. The highest BCUT2D eigenvalue weighted by Gasteiger charge is 2.30. The Balaban J connectivity index is 2.00. The van der Waals surface area contributed by atoms with E-state index in [-0.39, 0.29) is 0 Å². The Kier molecular flexibility index (Phi) is 5.55. The minimum atomic E-state index is 0.370. The van der Waals surface area contributed by atoms with Crippen molar-refractivity contribution in [1.29, 1.82) is 0 Å². The van der Waals surface area contributed by atoms with Gasteiger partial charge in [-0.25, -0.2) is 0 Å². The van der Waals surface area contributed by atoms with Crippen LogP contribution in [0, 0.1) is 17.8 Å². The highest BCUT2D eigenvalue weighted by atomic mass is 35.5. The van der Waals surface area contributed by atoms with Gasteiger partial charge in [0, 0.05) is 5.38 Å². The Morgan fingerprint density at radius 1 is 1.05 bits per heavy atom. The molecule has 20 heavy (non-hydrogen) atoms. The third-order valence-electron chi connectivity index (χ3n) is 5.02. The van der Waals surface area contributed by atoms with Crippen molar-refractivity contribution in [3.8, 4) is 0 Å². The van der Waals surface area contributed by atoms with Gasteiger partial charge in [0.1, 0.15) is 0 Å². The van der Waals surface area contributed by atoms with Crippen LogP contribution in [0.15, 0.2) is 24.3 Å². The summed E-state index contributed by atoms with van der Waals surface area (Å²) in [6.45, 7) is 9.21. The minimum Gasteiger partial charge on any atom is -0.123 e. The monoisotopic (exact) mass is 292 g/mol. The zero-order valence-corrected chi connectivity index (χ0v) is 14.2. The standard InChI is InChI=1S/C19H29Cl/c1-13(2)16-7-5-15(6-8-16)11-18-12-17(14(3)4)9-10-19(18)20/h5-8,13-14,17-19H,9-12H2,1-4H3. The second kappa shape index (κ2) is 6.98. The van der Waals surface area contributed by atoms with Crippen molar-refractivity contribution < 1.29 is 0 Å². The molecule has 0 spiro atoms. The summed E-state index contributed by atoms with van der Waals surface area (Å²) in [6.07, 6.45) is 4.96. The molecular formula is C19H29Cl. The van der Waals surface area contributed by atoms with Crippen LogP contribution in [-0.4, -0.2) is 5.38 Å². The van der Waals surface area contributed by atoms with Crippen LogP contribution in [-0.2, 0) is 6.42 Å². The predicted molar refractivity (Wildman–Crippen MR) is 89.5 cm³/mol. The van der Waals surface area contributed by atoms with Gasteiger partial charge < -0.3 is 0 Å². The first-order valence-corrected chi connectivity index (χ1v) is 8.64. The maximum atomic E-state index is 6.58. The fraction of sp³-hybridized carbons (Fsp3) is 0.684. The van der Waals surface area contributed by atoms with E-state index in [2.05, 4.69) is 52.0 Å². The Bertz CT molecular complexity index is 404. The lowest BCUT2D eigenvalue weighted by Crippen LogP contribution is -2.29. The van der Waals surface area contributed by atoms with Crippen LogP contribution in [0.25, 0.3) is 0 Å². The number of hydrogen-bond donors (Lipinski definition) is 0. The largest absolute Gasteiger partial charge is 0.123 e. The number of alkyl halides is 1. The first kappa shape index (κ1) is 15.9. The lowest BCUT2D eigenvalue weighted by Gasteiger charge is -2.35. The van der Waals surface area contributed by atoms with Crippen LogP contribution in [0.2, 0.25) is 0 Å². The minimum absolute atomic E-state index is 0.370. The molecule has 0 aromatic heterocycles. The van der Waals surface area contributed by atoms with E-state index < -0.39 is 0 Å². The number of benzene rings is 1. The molecule has 0 N–H and O–H groups in total. The first-order valence-electron chi connectivity index (χ1n) is 8.20. The molecule has 0 radical (unpaired) electrons. The quantitative estimate of drug-likeness (QED) is 0.594. The predicted octanol–water partition coefficient (Wildman–Crippen LogP) is 6.03. The smallest absolute Gasteiger partial charge is 0.0367 e. The Hall–Kier alpha value is -0.490. The van der Waals surface area contributed by atoms with Crippen molar-refractivity contribution in [3.63, 3.8) is 0 Å². The van der Waals surface area contributed by atoms with Gasteiger partial charge in [0.25, 0.3) is 0 Å². The Labute approximate surface area is 129 Å². The maximum absolute atomic E-state index is 6.58. The van der Waals surface area contributed by atoms with Crippen LogP contribution < -0.4 is 0 Å². The highest BCUT2D eigenvalue weighted by molar-refractivity contribution is 6.20. The van der Waals surface area contributed by atoms with Gasteiger partial charge >= 0.3 is 0 Å². The third-order valence-corrected chi connectivity index (χ3v) is 5.59. The molecule has 112 valence electrons. The SMILES string of the molecule is CC(C)c1ccc(CC2CC(C(C)C)CCC2Cl)cc1. The van der Waals surface area contributed by atoms with E-state index in [1.54, 1.807) is 0 Å².